The second-order valence-electron chi connectivity index (χ2n) is 6.17. The summed E-state index contributed by atoms with van der Waals surface area (Å²) in [5, 5.41) is 11.4. The molecule has 26 heavy (non-hydrogen) atoms. The molecule has 0 spiro atoms. The van der Waals surface area contributed by atoms with Gasteiger partial charge in [-0.2, -0.15) is 0 Å². The summed E-state index contributed by atoms with van der Waals surface area (Å²) in [4.78, 5) is 23.0. The molecule has 1 unspecified atom stereocenters. The third-order valence-corrected chi connectivity index (χ3v) is 5.45. The first-order chi connectivity index (χ1) is 12.1. The summed E-state index contributed by atoms with van der Waals surface area (Å²) >= 11 is 0. The molecule has 1 aromatic rings. The number of nitrogens with one attached hydrogen (secondary N) is 1. The van der Waals surface area contributed by atoms with E-state index in [4.69, 9.17) is 9.84 Å². The minimum absolute atomic E-state index is 0.216. The predicted molar refractivity (Wildman–Crippen MR) is 91.9 cm³/mol. The van der Waals surface area contributed by atoms with Crippen LogP contribution in [-0.4, -0.2) is 55.2 Å². The van der Waals surface area contributed by atoms with Crippen LogP contribution in [-0.2, 0) is 19.6 Å². The molecule has 144 valence electrons. The molecule has 2 N–H and O–H groups in total. The van der Waals surface area contributed by atoms with Gasteiger partial charge in [0.05, 0.1) is 6.26 Å². The smallest absolute Gasteiger partial charge is 0.344 e. The number of hydrogen-bond donors (Lipinski definition) is 2. The Balaban J connectivity index is 1.95. The number of benzene rings is 1. The second-order valence-corrected chi connectivity index (χ2v) is 8.15. The van der Waals surface area contributed by atoms with Crippen molar-refractivity contribution in [2.24, 2.45) is 5.92 Å². The maximum absolute atomic E-state index is 14.0. The normalized spacial score (nSPS) is 17.5. The highest BCUT2D eigenvalue weighted by Crippen LogP contribution is 2.25. The van der Waals surface area contributed by atoms with E-state index in [-0.39, 0.29) is 36.4 Å². The summed E-state index contributed by atoms with van der Waals surface area (Å²) in [5.74, 6) is -2.91. The number of rotatable bonds is 6. The van der Waals surface area contributed by atoms with E-state index in [1.54, 1.807) is 0 Å². The molecule has 2 rings (SSSR count). The molecular weight excluding hydrogens is 367 g/mol. The first-order valence-corrected chi connectivity index (χ1v) is 9.87. The van der Waals surface area contributed by atoms with Gasteiger partial charge >= 0.3 is 5.97 Å². The molecule has 8 nitrogen and oxygen atoms in total. The molecular formula is C16H21FN2O6S. The molecule has 0 saturated carbocycles. The van der Waals surface area contributed by atoms with Crippen molar-refractivity contribution in [3.8, 4) is 5.75 Å². The number of anilines is 1. The maximum Gasteiger partial charge on any atom is 0.344 e. The van der Waals surface area contributed by atoms with Crippen molar-refractivity contribution in [3.05, 3.63) is 24.0 Å². The molecule has 1 aliphatic rings. The molecule has 0 aromatic heterocycles. The molecule has 1 amide bonds. The van der Waals surface area contributed by atoms with Crippen molar-refractivity contribution >= 4 is 27.6 Å². The summed E-state index contributed by atoms with van der Waals surface area (Å²) in [6, 6.07) is 3.71. The van der Waals surface area contributed by atoms with Crippen LogP contribution in [0.2, 0.25) is 0 Å². The monoisotopic (exact) mass is 388 g/mol. The number of carbonyl (C=O) groups excluding carboxylic acids is 1. The van der Waals surface area contributed by atoms with E-state index < -0.39 is 27.9 Å². The summed E-state index contributed by atoms with van der Waals surface area (Å²) in [6.45, 7) is 1.82. The highest BCUT2D eigenvalue weighted by Gasteiger charge is 2.29. The minimum atomic E-state index is -3.26. The van der Waals surface area contributed by atoms with Crippen LogP contribution in [0.15, 0.2) is 18.2 Å². The van der Waals surface area contributed by atoms with Gasteiger partial charge in [0, 0.05) is 30.8 Å². The Hall–Kier alpha value is -2.20. The van der Waals surface area contributed by atoms with Crippen molar-refractivity contribution in [2.45, 2.75) is 25.9 Å². The lowest BCUT2D eigenvalue weighted by atomic mass is 9.97. The van der Waals surface area contributed by atoms with Crippen molar-refractivity contribution in [1.82, 2.24) is 4.31 Å². The summed E-state index contributed by atoms with van der Waals surface area (Å²) in [7, 11) is -3.26. The molecule has 1 fully saturated rings. The van der Waals surface area contributed by atoms with Gasteiger partial charge in [0.2, 0.25) is 15.9 Å². The predicted octanol–water partition coefficient (Wildman–Crippen LogP) is 1.29. The van der Waals surface area contributed by atoms with Crippen molar-refractivity contribution in [2.75, 3.05) is 24.7 Å². The Morgan fingerprint density at radius 3 is 2.46 bits per heavy atom. The highest BCUT2D eigenvalue weighted by molar-refractivity contribution is 7.88. The zero-order valence-electron chi connectivity index (χ0n) is 14.4. The number of amides is 1. The Labute approximate surface area is 151 Å². The van der Waals surface area contributed by atoms with Crippen LogP contribution < -0.4 is 10.1 Å². The fourth-order valence-electron chi connectivity index (χ4n) is 2.61. The lowest BCUT2D eigenvalue weighted by Gasteiger charge is -2.29. The van der Waals surface area contributed by atoms with Crippen LogP contribution in [0.1, 0.15) is 19.8 Å². The highest BCUT2D eigenvalue weighted by atomic mass is 32.2. The lowest BCUT2D eigenvalue weighted by molar-refractivity contribution is -0.144. The van der Waals surface area contributed by atoms with E-state index in [0.717, 1.165) is 12.3 Å². The summed E-state index contributed by atoms with van der Waals surface area (Å²) in [6.07, 6.45) is 0.701. The molecule has 0 bridgehead atoms. The fourth-order valence-corrected chi connectivity index (χ4v) is 3.48. The average molecular weight is 388 g/mol. The zero-order valence-corrected chi connectivity index (χ0v) is 15.3. The van der Waals surface area contributed by atoms with Crippen LogP contribution in [0.3, 0.4) is 0 Å². The summed E-state index contributed by atoms with van der Waals surface area (Å²) in [5.41, 5.74) is 0.216. The van der Waals surface area contributed by atoms with Gasteiger partial charge in [0.15, 0.2) is 17.7 Å². The van der Waals surface area contributed by atoms with Crippen molar-refractivity contribution in [3.63, 3.8) is 0 Å². The molecule has 10 heteroatoms. The van der Waals surface area contributed by atoms with Gasteiger partial charge in [-0.3, -0.25) is 4.79 Å². The van der Waals surface area contributed by atoms with Crippen molar-refractivity contribution in [1.29, 1.82) is 0 Å². The standard InChI is InChI=1S/C16H21FN2O6S/c1-10(16(21)22)25-14-4-3-12(9-13(14)17)18-15(20)11-5-7-19(8-6-11)26(2,23)24/h3-4,9-11H,5-8H2,1-2H3,(H,18,20)(H,21,22). The van der Waals surface area contributed by atoms with Gasteiger partial charge in [0.25, 0.3) is 0 Å². The zero-order chi connectivity index (χ0) is 19.5. The molecule has 1 heterocycles. The number of halogens is 1. The molecule has 0 aliphatic carbocycles. The third kappa shape index (κ3) is 5.15. The molecule has 1 aromatic carbocycles. The van der Waals surface area contributed by atoms with Crippen molar-refractivity contribution < 1.29 is 32.2 Å². The quantitative estimate of drug-likeness (QED) is 0.759. The van der Waals surface area contributed by atoms with Gasteiger partial charge in [-0.05, 0) is 31.9 Å². The largest absolute Gasteiger partial charge is 0.479 e. The molecule has 1 atom stereocenters. The van der Waals surface area contributed by atoms with Crippen LogP contribution in [0, 0.1) is 11.7 Å². The third-order valence-electron chi connectivity index (χ3n) is 4.14. The second kappa shape index (κ2) is 8.00. The fraction of sp³-hybridized carbons (Fsp3) is 0.500. The van der Waals surface area contributed by atoms with E-state index in [1.807, 2.05) is 0 Å². The van der Waals surface area contributed by atoms with E-state index >= 15 is 0 Å². The van der Waals surface area contributed by atoms with E-state index in [1.165, 1.54) is 23.4 Å². The van der Waals surface area contributed by atoms with Crippen LogP contribution in [0.5, 0.6) is 5.75 Å². The summed E-state index contributed by atoms with van der Waals surface area (Å²) < 4.78 is 43.3. The van der Waals surface area contributed by atoms with Crippen LogP contribution >= 0.6 is 0 Å². The first-order valence-electron chi connectivity index (χ1n) is 8.03. The number of nitrogens with zero attached hydrogens (tertiary/aromatic N) is 1. The van der Waals surface area contributed by atoms with Gasteiger partial charge in [-0.1, -0.05) is 0 Å². The molecule has 1 saturated heterocycles. The van der Waals surface area contributed by atoms with E-state index in [0.29, 0.717) is 12.8 Å². The Morgan fingerprint density at radius 1 is 1.35 bits per heavy atom. The van der Waals surface area contributed by atoms with Gasteiger partial charge in [-0.15, -0.1) is 0 Å². The van der Waals surface area contributed by atoms with Gasteiger partial charge in [-0.25, -0.2) is 21.9 Å². The number of carboxylic acids is 1. The number of aliphatic carboxylic acids is 1. The number of carbonyl (C=O) groups is 2. The van der Waals surface area contributed by atoms with Crippen LogP contribution in [0.25, 0.3) is 0 Å². The minimum Gasteiger partial charge on any atom is -0.479 e. The van der Waals surface area contributed by atoms with E-state index in [9.17, 15) is 22.4 Å². The Kier molecular flexibility index (Phi) is 6.19. The molecule has 0 radical (unpaired) electrons. The number of sulfonamides is 1. The maximum atomic E-state index is 14.0. The number of carboxylic acid groups (broad SMARTS) is 1. The number of piperidine rings is 1. The Morgan fingerprint density at radius 2 is 1.96 bits per heavy atom. The SMILES string of the molecule is CC(Oc1ccc(NC(=O)C2CCN(S(C)(=O)=O)CC2)cc1F)C(=O)O. The lowest BCUT2D eigenvalue weighted by Crippen LogP contribution is -2.40. The van der Waals surface area contributed by atoms with Crippen LogP contribution in [0.4, 0.5) is 10.1 Å². The number of ether oxygens (including phenoxy) is 1. The first kappa shape index (κ1) is 20.1. The van der Waals surface area contributed by atoms with Gasteiger partial charge in [0.1, 0.15) is 0 Å². The number of hydrogen-bond acceptors (Lipinski definition) is 5. The average Bonchev–Trinajstić information content (AvgIpc) is 2.56. The van der Waals surface area contributed by atoms with E-state index in [2.05, 4.69) is 5.32 Å². The Bertz CT molecular complexity index is 790. The van der Waals surface area contributed by atoms with Gasteiger partial charge < -0.3 is 15.2 Å². The molecule has 1 aliphatic heterocycles. The topological polar surface area (TPSA) is 113 Å².